The molecule has 1 saturated carbocycles. The maximum atomic E-state index is 5.77. The Bertz CT molecular complexity index is 395. The average Bonchev–Trinajstić information content (AvgIpc) is 2.27. The highest BCUT2D eigenvalue weighted by atomic mass is 79.9. The molecule has 1 aliphatic carbocycles. The van der Waals surface area contributed by atoms with Crippen molar-refractivity contribution in [2.45, 2.75) is 18.9 Å². The lowest BCUT2D eigenvalue weighted by molar-refractivity contribution is 0.270. The molecule has 0 aliphatic heterocycles. The topological polar surface area (TPSA) is 64.3 Å². The fourth-order valence-corrected chi connectivity index (χ4v) is 2.43. The molecular weight excluding hydrogens is 284 g/mol. The van der Waals surface area contributed by atoms with Gasteiger partial charge in [-0.25, -0.2) is 4.98 Å². The minimum absolute atomic E-state index is 0.383. The number of hydrogen-bond acceptors (Lipinski definition) is 5. The maximum Gasteiger partial charge on any atom is 0.232 e. The molecule has 1 aliphatic rings. The molecule has 5 nitrogen and oxygen atoms in total. The number of anilines is 1. The molecule has 1 heterocycles. The van der Waals surface area contributed by atoms with Crippen molar-refractivity contribution in [3.05, 3.63) is 10.7 Å². The molecular formula is C11H17BrN4O. The molecule has 0 bridgehead atoms. The first kappa shape index (κ1) is 12.6. The zero-order valence-electron chi connectivity index (χ0n) is 10.1. The van der Waals surface area contributed by atoms with Crippen molar-refractivity contribution in [1.82, 2.24) is 9.97 Å². The van der Waals surface area contributed by atoms with Crippen LogP contribution in [-0.2, 0) is 0 Å². The first-order valence-electron chi connectivity index (χ1n) is 5.63. The molecule has 6 heteroatoms. The molecule has 0 saturated heterocycles. The second-order valence-electron chi connectivity index (χ2n) is 4.51. The minimum Gasteiger partial charge on any atom is -0.480 e. The minimum atomic E-state index is 0.383. The quantitative estimate of drug-likeness (QED) is 0.911. The summed E-state index contributed by atoms with van der Waals surface area (Å²) in [6.07, 6.45) is 3.90. The van der Waals surface area contributed by atoms with Gasteiger partial charge in [-0.15, -0.1) is 0 Å². The lowest BCUT2D eigenvalue weighted by atomic mass is 9.81. The van der Waals surface area contributed by atoms with E-state index in [9.17, 15) is 0 Å². The van der Waals surface area contributed by atoms with E-state index in [0.717, 1.165) is 23.9 Å². The number of methoxy groups -OCH3 is 1. The van der Waals surface area contributed by atoms with E-state index >= 15 is 0 Å². The Morgan fingerprint density at radius 1 is 1.59 bits per heavy atom. The van der Waals surface area contributed by atoms with Crippen LogP contribution in [0.3, 0.4) is 0 Å². The van der Waals surface area contributed by atoms with E-state index in [1.165, 1.54) is 0 Å². The third-order valence-electron chi connectivity index (χ3n) is 3.04. The van der Waals surface area contributed by atoms with Crippen molar-refractivity contribution in [2.24, 2.45) is 11.7 Å². The van der Waals surface area contributed by atoms with Crippen molar-refractivity contribution in [1.29, 1.82) is 0 Å². The lowest BCUT2D eigenvalue weighted by Crippen LogP contribution is -2.42. The summed E-state index contributed by atoms with van der Waals surface area (Å²) in [4.78, 5) is 10.7. The van der Waals surface area contributed by atoms with E-state index in [2.05, 4.69) is 25.9 Å². The van der Waals surface area contributed by atoms with Gasteiger partial charge in [0.25, 0.3) is 0 Å². The van der Waals surface area contributed by atoms with E-state index in [4.69, 9.17) is 10.5 Å². The average molecular weight is 301 g/mol. The zero-order valence-corrected chi connectivity index (χ0v) is 11.6. The van der Waals surface area contributed by atoms with Crippen molar-refractivity contribution in [3.8, 4) is 5.88 Å². The van der Waals surface area contributed by atoms with Crippen molar-refractivity contribution in [3.63, 3.8) is 0 Å². The molecule has 1 fully saturated rings. The van der Waals surface area contributed by atoms with Crippen LogP contribution >= 0.6 is 15.9 Å². The van der Waals surface area contributed by atoms with Gasteiger partial charge in [0.15, 0.2) is 0 Å². The van der Waals surface area contributed by atoms with Gasteiger partial charge < -0.3 is 15.4 Å². The van der Waals surface area contributed by atoms with Crippen LogP contribution in [0.4, 0.5) is 5.95 Å². The molecule has 17 heavy (non-hydrogen) atoms. The largest absolute Gasteiger partial charge is 0.480 e. The fraction of sp³-hybridized carbons (Fsp3) is 0.636. The Kier molecular flexibility index (Phi) is 3.83. The highest BCUT2D eigenvalue weighted by molar-refractivity contribution is 9.10. The Labute approximate surface area is 110 Å². The summed E-state index contributed by atoms with van der Waals surface area (Å²) in [6.45, 7) is 0.943. The standard InChI is InChI=1S/C11H17BrN4O/c1-16(6-7-3-8(13)4-7)11-14-5-9(12)10(15-11)17-2/h5,7-8H,3-4,6,13H2,1-2H3. The van der Waals surface area contributed by atoms with Crippen molar-refractivity contribution < 1.29 is 4.74 Å². The SMILES string of the molecule is COc1nc(N(C)CC2CC(N)C2)ncc1Br. The van der Waals surface area contributed by atoms with Gasteiger partial charge >= 0.3 is 0 Å². The van der Waals surface area contributed by atoms with Gasteiger partial charge in [0.1, 0.15) is 0 Å². The third-order valence-corrected chi connectivity index (χ3v) is 3.58. The number of halogens is 1. The number of rotatable bonds is 4. The molecule has 1 aromatic rings. The van der Waals surface area contributed by atoms with Gasteiger partial charge in [-0.3, -0.25) is 0 Å². The third kappa shape index (κ3) is 2.87. The van der Waals surface area contributed by atoms with Crippen LogP contribution in [0.15, 0.2) is 10.7 Å². The van der Waals surface area contributed by atoms with Crippen LogP contribution < -0.4 is 15.4 Å². The first-order valence-corrected chi connectivity index (χ1v) is 6.42. The van der Waals surface area contributed by atoms with E-state index in [1.807, 2.05) is 11.9 Å². The molecule has 0 amide bonds. The van der Waals surface area contributed by atoms with Crippen LogP contribution in [0.25, 0.3) is 0 Å². The molecule has 2 N–H and O–H groups in total. The Morgan fingerprint density at radius 3 is 2.88 bits per heavy atom. The van der Waals surface area contributed by atoms with E-state index in [-0.39, 0.29) is 0 Å². The second kappa shape index (κ2) is 5.18. The fourth-order valence-electron chi connectivity index (χ4n) is 2.08. The second-order valence-corrected chi connectivity index (χ2v) is 5.36. The van der Waals surface area contributed by atoms with Crippen LogP contribution in [0.2, 0.25) is 0 Å². The summed E-state index contributed by atoms with van der Waals surface area (Å²) in [5.74, 6) is 1.91. The van der Waals surface area contributed by atoms with Gasteiger partial charge in [-0.2, -0.15) is 4.98 Å². The summed E-state index contributed by atoms with van der Waals surface area (Å²) in [5.41, 5.74) is 5.77. The predicted molar refractivity (Wildman–Crippen MR) is 70.3 cm³/mol. The summed E-state index contributed by atoms with van der Waals surface area (Å²) in [5, 5.41) is 0. The molecule has 0 spiro atoms. The van der Waals surface area contributed by atoms with Gasteiger partial charge in [0.05, 0.1) is 17.8 Å². The summed E-state index contributed by atoms with van der Waals surface area (Å²) in [7, 11) is 3.59. The first-order chi connectivity index (χ1) is 8.10. The predicted octanol–water partition coefficient (Wildman–Crippen LogP) is 1.42. The molecule has 0 aromatic carbocycles. The van der Waals surface area contributed by atoms with Crippen LogP contribution in [0.5, 0.6) is 5.88 Å². The molecule has 0 unspecified atom stereocenters. The molecule has 0 atom stereocenters. The van der Waals surface area contributed by atoms with Crippen molar-refractivity contribution in [2.75, 3.05) is 25.6 Å². The van der Waals surface area contributed by atoms with Crippen LogP contribution in [0.1, 0.15) is 12.8 Å². The smallest absolute Gasteiger partial charge is 0.232 e. The lowest BCUT2D eigenvalue weighted by Gasteiger charge is -2.35. The summed E-state index contributed by atoms with van der Waals surface area (Å²) in [6, 6.07) is 0.383. The monoisotopic (exact) mass is 300 g/mol. The Morgan fingerprint density at radius 2 is 2.29 bits per heavy atom. The number of nitrogens with two attached hydrogens (primary N) is 1. The van der Waals surface area contributed by atoms with Crippen LogP contribution in [-0.4, -0.2) is 36.7 Å². The number of ether oxygens (including phenoxy) is 1. The van der Waals surface area contributed by atoms with E-state index < -0.39 is 0 Å². The number of aromatic nitrogens is 2. The molecule has 94 valence electrons. The Hall–Kier alpha value is -0.880. The molecule has 1 aromatic heterocycles. The van der Waals surface area contributed by atoms with E-state index in [1.54, 1.807) is 13.3 Å². The zero-order chi connectivity index (χ0) is 12.4. The summed E-state index contributed by atoms with van der Waals surface area (Å²) < 4.78 is 5.92. The molecule has 0 radical (unpaired) electrons. The van der Waals surface area contributed by atoms with Crippen molar-refractivity contribution >= 4 is 21.9 Å². The Balaban J connectivity index is 2.01. The highest BCUT2D eigenvalue weighted by Gasteiger charge is 2.27. The highest BCUT2D eigenvalue weighted by Crippen LogP contribution is 2.28. The van der Waals surface area contributed by atoms with Gasteiger partial charge in [-0.05, 0) is 34.7 Å². The van der Waals surface area contributed by atoms with Gasteiger partial charge in [0, 0.05) is 19.6 Å². The number of hydrogen-bond donors (Lipinski definition) is 1. The maximum absolute atomic E-state index is 5.77. The molecule has 2 rings (SSSR count). The van der Waals surface area contributed by atoms with E-state index in [0.29, 0.717) is 23.8 Å². The van der Waals surface area contributed by atoms with Gasteiger partial charge in [0.2, 0.25) is 11.8 Å². The number of nitrogens with zero attached hydrogens (tertiary/aromatic N) is 3. The van der Waals surface area contributed by atoms with Crippen LogP contribution in [0, 0.1) is 5.92 Å². The normalized spacial score (nSPS) is 23.1. The summed E-state index contributed by atoms with van der Waals surface area (Å²) >= 11 is 3.34. The van der Waals surface area contributed by atoms with Gasteiger partial charge in [-0.1, -0.05) is 0 Å².